The minimum atomic E-state index is -3.54. The summed E-state index contributed by atoms with van der Waals surface area (Å²) < 4.78 is 31.3. The first-order valence-corrected chi connectivity index (χ1v) is 11.6. The van der Waals surface area contributed by atoms with Gasteiger partial charge in [0.1, 0.15) is 0 Å². The average Bonchev–Trinajstić information content (AvgIpc) is 3.44. The Hall–Kier alpha value is -2.36. The molecule has 0 spiro atoms. The van der Waals surface area contributed by atoms with Crippen molar-refractivity contribution in [2.24, 2.45) is 0 Å². The van der Waals surface area contributed by atoms with E-state index in [1.807, 2.05) is 0 Å². The van der Waals surface area contributed by atoms with Gasteiger partial charge in [-0.1, -0.05) is 6.07 Å². The highest BCUT2D eigenvalue weighted by Crippen LogP contribution is 2.21. The van der Waals surface area contributed by atoms with E-state index < -0.39 is 28.4 Å². The van der Waals surface area contributed by atoms with Crippen molar-refractivity contribution in [3.8, 4) is 0 Å². The number of nitrogens with zero attached hydrogens (tertiary/aromatic N) is 1. The van der Waals surface area contributed by atoms with Crippen molar-refractivity contribution in [3.63, 3.8) is 0 Å². The van der Waals surface area contributed by atoms with Crippen molar-refractivity contribution >= 4 is 38.9 Å². The van der Waals surface area contributed by atoms with Crippen molar-refractivity contribution in [2.45, 2.75) is 30.6 Å². The number of thiophene rings is 1. The van der Waals surface area contributed by atoms with Gasteiger partial charge < -0.3 is 4.74 Å². The highest BCUT2D eigenvalue weighted by molar-refractivity contribution is 7.89. The van der Waals surface area contributed by atoms with Crippen LogP contribution in [0.4, 0.5) is 0 Å². The van der Waals surface area contributed by atoms with Gasteiger partial charge in [-0.25, -0.2) is 8.42 Å². The fourth-order valence-corrected chi connectivity index (χ4v) is 5.18. The molecule has 154 valence electrons. The van der Waals surface area contributed by atoms with Gasteiger partial charge >= 0.3 is 5.97 Å². The third-order valence-corrected chi connectivity index (χ3v) is 7.42. The molecule has 3 rings (SSSR count). The molecule has 0 atom stereocenters. The molecule has 1 aromatic carbocycles. The molecule has 1 aliphatic heterocycles. The van der Waals surface area contributed by atoms with E-state index in [1.165, 1.54) is 39.9 Å². The summed E-state index contributed by atoms with van der Waals surface area (Å²) in [4.78, 5) is 36.5. The van der Waals surface area contributed by atoms with Gasteiger partial charge in [0.2, 0.25) is 10.0 Å². The lowest BCUT2D eigenvalue weighted by Gasteiger charge is -2.15. The second kappa shape index (κ2) is 9.43. The standard InChI is InChI=1S/C20H21NO6S2/c22-17(19-4-3-13-28-19)9-10-20(24)27-14-18(23)15-5-7-16(8-6-15)29(25,26)21-11-1-2-12-21/h3-8,13H,1-2,9-12,14H2. The maximum absolute atomic E-state index is 12.5. The SMILES string of the molecule is O=C(CCC(=O)c1cccs1)OCC(=O)c1ccc(S(=O)(=O)N2CCCC2)cc1. The molecule has 1 aromatic heterocycles. The van der Waals surface area contributed by atoms with Crippen LogP contribution in [0.15, 0.2) is 46.7 Å². The van der Waals surface area contributed by atoms with E-state index in [0.29, 0.717) is 18.0 Å². The van der Waals surface area contributed by atoms with Crippen molar-refractivity contribution in [1.29, 1.82) is 0 Å². The molecule has 9 heteroatoms. The molecule has 0 bridgehead atoms. The van der Waals surface area contributed by atoms with Crippen LogP contribution in [0.5, 0.6) is 0 Å². The Labute approximate surface area is 173 Å². The zero-order valence-corrected chi connectivity index (χ0v) is 17.3. The number of ether oxygens (including phenoxy) is 1. The van der Waals surface area contributed by atoms with Gasteiger partial charge in [0.15, 0.2) is 18.2 Å². The second-order valence-corrected chi connectivity index (χ2v) is 9.51. The Morgan fingerprint density at radius 2 is 1.66 bits per heavy atom. The van der Waals surface area contributed by atoms with E-state index in [0.717, 1.165) is 12.8 Å². The Morgan fingerprint density at radius 3 is 2.28 bits per heavy atom. The molecule has 0 unspecified atom stereocenters. The second-order valence-electron chi connectivity index (χ2n) is 6.62. The molecule has 29 heavy (non-hydrogen) atoms. The molecular formula is C20H21NO6S2. The quantitative estimate of drug-likeness (QED) is 0.444. The number of hydrogen-bond acceptors (Lipinski definition) is 7. The third-order valence-electron chi connectivity index (χ3n) is 4.60. The number of benzene rings is 1. The first kappa shape index (κ1) is 21.4. The van der Waals surface area contributed by atoms with Crippen molar-refractivity contribution in [1.82, 2.24) is 4.31 Å². The molecule has 2 heterocycles. The number of carbonyl (C=O) groups excluding carboxylic acids is 3. The summed E-state index contributed by atoms with van der Waals surface area (Å²) in [6.45, 7) is 0.562. The van der Waals surface area contributed by atoms with E-state index in [1.54, 1.807) is 17.5 Å². The molecular weight excluding hydrogens is 414 g/mol. The van der Waals surface area contributed by atoms with Crippen LogP contribution in [-0.4, -0.2) is 50.0 Å². The minimum absolute atomic E-state index is 0.0244. The van der Waals surface area contributed by atoms with Crippen LogP contribution in [0, 0.1) is 0 Å². The largest absolute Gasteiger partial charge is 0.457 e. The molecule has 0 saturated carbocycles. The fraction of sp³-hybridized carbons (Fsp3) is 0.350. The fourth-order valence-electron chi connectivity index (χ4n) is 2.97. The smallest absolute Gasteiger partial charge is 0.306 e. The molecule has 1 aliphatic rings. The molecule has 0 radical (unpaired) electrons. The maximum atomic E-state index is 12.5. The predicted octanol–water partition coefficient (Wildman–Crippen LogP) is 2.92. The van der Waals surface area contributed by atoms with E-state index >= 15 is 0 Å². The zero-order valence-electron chi connectivity index (χ0n) is 15.7. The Kier molecular flexibility index (Phi) is 6.94. The number of Topliss-reactive ketones (excluding diaryl/α,β-unsaturated/α-hetero) is 2. The summed E-state index contributed by atoms with van der Waals surface area (Å²) in [5, 5.41) is 1.78. The molecule has 1 fully saturated rings. The van der Waals surface area contributed by atoms with Gasteiger partial charge in [-0.05, 0) is 48.6 Å². The molecule has 0 amide bonds. The van der Waals surface area contributed by atoms with Crippen molar-refractivity contribution < 1.29 is 27.5 Å². The molecule has 7 nitrogen and oxygen atoms in total. The van der Waals surface area contributed by atoms with E-state index in [9.17, 15) is 22.8 Å². The summed E-state index contributed by atoms with van der Waals surface area (Å²) in [7, 11) is -3.54. The summed E-state index contributed by atoms with van der Waals surface area (Å²) in [6.07, 6.45) is 1.62. The monoisotopic (exact) mass is 435 g/mol. The van der Waals surface area contributed by atoms with Gasteiger partial charge in [-0.15, -0.1) is 11.3 Å². The lowest BCUT2D eigenvalue weighted by atomic mass is 10.1. The summed E-state index contributed by atoms with van der Waals surface area (Å²) in [5.41, 5.74) is 0.257. The number of ketones is 2. The van der Waals surface area contributed by atoms with Crippen LogP contribution >= 0.6 is 11.3 Å². The Balaban J connectivity index is 1.49. The molecule has 0 aliphatic carbocycles. The predicted molar refractivity (Wildman–Crippen MR) is 108 cm³/mol. The Bertz CT molecular complexity index is 974. The first-order chi connectivity index (χ1) is 13.9. The minimum Gasteiger partial charge on any atom is -0.457 e. The van der Waals surface area contributed by atoms with E-state index in [4.69, 9.17) is 4.74 Å². The normalized spacial score (nSPS) is 14.6. The lowest BCUT2D eigenvalue weighted by Crippen LogP contribution is -2.27. The van der Waals surface area contributed by atoms with Crippen LogP contribution in [0.1, 0.15) is 45.7 Å². The summed E-state index contributed by atoms with van der Waals surface area (Å²) in [5.74, 6) is -1.21. The van der Waals surface area contributed by atoms with E-state index in [-0.39, 0.29) is 29.1 Å². The molecule has 1 saturated heterocycles. The highest BCUT2D eigenvalue weighted by Gasteiger charge is 2.27. The lowest BCUT2D eigenvalue weighted by molar-refractivity contribution is -0.142. The first-order valence-electron chi connectivity index (χ1n) is 9.23. The number of hydrogen-bond donors (Lipinski definition) is 0. The van der Waals surface area contributed by atoms with Crippen molar-refractivity contribution in [2.75, 3.05) is 19.7 Å². The van der Waals surface area contributed by atoms with Crippen LogP contribution in [-0.2, 0) is 19.6 Å². The van der Waals surface area contributed by atoms with Crippen molar-refractivity contribution in [3.05, 3.63) is 52.2 Å². The third kappa shape index (κ3) is 5.37. The molecule has 0 N–H and O–H groups in total. The zero-order chi connectivity index (χ0) is 20.9. The Morgan fingerprint density at radius 1 is 0.966 bits per heavy atom. The average molecular weight is 436 g/mol. The van der Waals surface area contributed by atoms with Crippen LogP contribution in [0.2, 0.25) is 0 Å². The van der Waals surface area contributed by atoms with E-state index in [2.05, 4.69) is 0 Å². The topological polar surface area (TPSA) is 97.8 Å². The number of esters is 1. The summed E-state index contributed by atoms with van der Waals surface area (Å²) in [6, 6.07) is 9.07. The number of carbonyl (C=O) groups is 3. The van der Waals surface area contributed by atoms with Gasteiger partial charge in [-0.2, -0.15) is 4.31 Å². The summed E-state index contributed by atoms with van der Waals surface area (Å²) >= 11 is 1.31. The van der Waals surface area contributed by atoms with Crippen LogP contribution in [0.3, 0.4) is 0 Å². The van der Waals surface area contributed by atoms with Gasteiger partial charge in [0, 0.05) is 25.1 Å². The van der Waals surface area contributed by atoms with Crippen LogP contribution < -0.4 is 0 Å². The maximum Gasteiger partial charge on any atom is 0.306 e. The number of rotatable bonds is 9. The molecule has 2 aromatic rings. The number of sulfonamides is 1. The van der Waals surface area contributed by atoms with Gasteiger partial charge in [0.05, 0.1) is 16.2 Å². The van der Waals surface area contributed by atoms with Gasteiger partial charge in [-0.3, -0.25) is 14.4 Å². The highest BCUT2D eigenvalue weighted by atomic mass is 32.2. The van der Waals surface area contributed by atoms with Gasteiger partial charge in [0.25, 0.3) is 0 Å². The van der Waals surface area contributed by atoms with Crippen LogP contribution in [0.25, 0.3) is 0 Å².